The van der Waals surface area contributed by atoms with Gasteiger partial charge in [0.2, 0.25) is 5.91 Å². The summed E-state index contributed by atoms with van der Waals surface area (Å²) in [5.74, 6) is -0.195. The Balaban J connectivity index is 1.62. The van der Waals surface area contributed by atoms with Crippen molar-refractivity contribution in [3.63, 3.8) is 0 Å². The van der Waals surface area contributed by atoms with Gasteiger partial charge < -0.3 is 23.9 Å². The molecule has 0 aliphatic carbocycles. The van der Waals surface area contributed by atoms with E-state index in [1.165, 1.54) is 23.8 Å². The minimum absolute atomic E-state index is 0.198. The van der Waals surface area contributed by atoms with E-state index in [4.69, 9.17) is 13.9 Å². The molecule has 1 amide bonds. The lowest BCUT2D eigenvalue weighted by Gasteiger charge is -2.12. The van der Waals surface area contributed by atoms with Gasteiger partial charge >= 0.3 is 11.7 Å². The molecule has 0 spiro atoms. The van der Waals surface area contributed by atoms with Gasteiger partial charge in [0.05, 0.1) is 31.4 Å². The third kappa shape index (κ3) is 5.29. The molecular formula is C23H26N2O7. The van der Waals surface area contributed by atoms with Gasteiger partial charge in [-0.2, -0.15) is 0 Å². The number of hydrogen-bond acceptors (Lipinski definition) is 7. The highest BCUT2D eigenvalue weighted by atomic mass is 16.5. The summed E-state index contributed by atoms with van der Waals surface area (Å²) >= 11 is 0. The van der Waals surface area contributed by atoms with Gasteiger partial charge in [-0.05, 0) is 56.2 Å². The highest BCUT2D eigenvalue weighted by Crippen LogP contribution is 2.28. The van der Waals surface area contributed by atoms with E-state index in [1.54, 1.807) is 6.07 Å². The smallest absolute Gasteiger partial charge is 0.420 e. The third-order valence-corrected chi connectivity index (χ3v) is 4.73. The molecule has 3 rings (SSSR count). The first-order chi connectivity index (χ1) is 15.5. The quantitative estimate of drug-likeness (QED) is 0.481. The molecule has 0 atom stereocenters. The molecule has 32 heavy (non-hydrogen) atoms. The third-order valence-electron chi connectivity index (χ3n) is 4.73. The normalized spacial score (nSPS) is 10.7. The van der Waals surface area contributed by atoms with Crippen LogP contribution in [0.2, 0.25) is 0 Å². The number of esters is 1. The fourth-order valence-corrected chi connectivity index (χ4v) is 3.26. The second-order valence-electron chi connectivity index (χ2n) is 6.88. The minimum Gasteiger partial charge on any atom is -0.490 e. The summed E-state index contributed by atoms with van der Waals surface area (Å²) in [6.07, 6.45) is 0.585. The Bertz CT molecular complexity index is 1160. The molecular weight excluding hydrogens is 416 g/mol. The highest BCUT2D eigenvalue weighted by molar-refractivity contribution is 5.93. The number of benzene rings is 2. The van der Waals surface area contributed by atoms with Crippen LogP contribution in [0, 0.1) is 0 Å². The van der Waals surface area contributed by atoms with Gasteiger partial charge in [0.1, 0.15) is 6.54 Å². The standard InChI is InChI=1S/C23H26N2O7/c1-4-30-18-9-6-15(12-20(18)31-5-2)10-11-24-21(26)14-25-17-8-7-16(22(27)29-3)13-19(17)32-23(25)28/h6-9,12-13H,4-5,10-11,14H2,1-3H3,(H,24,26). The number of hydrogen-bond donors (Lipinski definition) is 1. The molecule has 0 saturated carbocycles. The summed E-state index contributed by atoms with van der Waals surface area (Å²) in [5, 5.41) is 2.80. The minimum atomic E-state index is -0.676. The number of nitrogens with one attached hydrogen (secondary N) is 1. The van der Waals surface area contributed by atoms with Gasteiger partial charge in [-0.15, -0.1) is 0 Å². The predicted molar refractivity (Wildman–Crippen MR) is 117 cm³/mol. The van der Waals surface area contributed by atoms with Crippen LogP contribution in [0.1, 0.15) is 29.8 Å². The fraction of sp³-hybridized carbons (Fsp3) is 0.348. The van der Waals surface area contributed by atoms with Crippen molar-refractivity contribution < 1.29 is 28.2 Å². The van der Waals surface area contributed by atoms with Crippen molar-refractivity contribution in [1.82, 2.24) is 9.88 Å². The van der Waals surface area contributed by atoms with Crippen LogP contribution in [0.25, 0.3) is 11.1 Å². The molecule has 0 aliphatic heterocycles. The average Bonchev–Trinajstić information content (AvgIpc) is 3.09. The molecule has 3 aromatic rings. The summed E-state index contributed by atoms with van der Waals surface area (Å²) in [5.41, 5.74) is 1.87. The molecule has 9 nitrogen and oxygen atoms in total. The van der Waals surface area contributed by atoms with E-state index in [0.717, 1.165) is 5.56 Å². The van der Waals surface area contributed by atoms with Crippen molar-refractivity contribution in [3.8, 4) is 11.5 Å². The molecule has 0 saturated heterocycles. The monoisotopic (exact) mass is 442 g/mol. The van der Waals surface area contributed by atoms with Crippen LogP contribution in [-0.2, 0) is 22.5 Å². The van der Waals surface area contributed by atoms with Crippen LogP contribution in [0.4, 0.5) is 0 Å². The second kappa shape index (κ2) is 10.5. The zero-order chi connectivity index (χ0) is 23.1. The average molecular weight is 442 g/mol. The second-order valence-corrected chi connectivity index (χ2v) is 6.88. The first kappa shape index (κ1) is 22.9. The van der Waals surface area contributed by atoms with Crippen LogP contribution >= 0.6 is 0 Å². The topological polar surface area (TPSA) is 109 Å². The van der Waals surface area contributed by atoms with Crippen molar-refractivity contribution >= 4 is 23.0 Å². The first-order valence-electron chi connectivity index (χ1n) is 10.3. The lowest BCUT2D eigenvalue weighted by Crippen LogP contribution is -2.32. The highest BCUT2D eigenvalue weighted by Gasteiger charge is 2.15. The van der Waals surface area contributed by atoms with Gasteiger partial charge in [-0.1, -0.05) is 6.07 Å². The van der Waals surface area contributed by atoms with Gasteiger partial charge in [0.25, 0.3) is 0 Å². The molecule has 0 bridgehead atoms. The molecule has 2 aromatic carbocycles. The van der Waals surface area contributed by atoms with Crippen molar-refractivity contribution in [2.24, 2.45) is 0 Å². The van der Waals surface area contributed by atoms with Crippen molar-refractivity contribution in [1.29, 1.82) is 0 Å². The van der Waals surface area contributed by atoms with Gasteiger partial charge in [0.15, 0.2) is 17.1 Å². The number of methoxy groups -OCH3 is 1. The van der Waals surface area contributed by atoms with E-state index in [1.807, 2.05) is 32.0 Å². The van der Waals surface area contributed by atoms with E-state index < -0.39 is 11.7 Å². The Labute approximate surface area is 184 Å². The Morgan fingerprint density at radius 2 is 1.78 bits per heavy atom. The maximum absolute atomic E-state index is 12.4. The Kier molecular flexibility index (Phi) is 7.54. The molecule has 0 unspecified atom stereocenters. The maximum Gasteiger partial charge on any atom is 0.420 e. The first-order valence-corrected chi connectivity index (χ1v) is 10.3. The summed E-state index contributed by atoms with van der Waals surface area (Å²) in [7, 11) is 1.27. The van der Waals surface area contributed by atoms with E-state index in [2.05, 4.69) is 10.1 Å². The van der Waals surface area contributed by atoms with Crippen LogP contribution in [-0.4, -0.2) is 43.3 Å². The number of ether oxygens (including phenoxy) is 3. The molecule has 1 N–H and O–H groups in total. The largest absolute Gasteiger partial charge is 0.490 e. The van der Waals surface area contributed by atoms with Crippen LogP contribution < -0.4 is 20.5 Å². The fourth-order valence-electron chi connectivity index (χ4n) is 3.26. The number of fused-ring (bicyclic) bond motifs is 1. The van der Waals surface area contributed by atoms with Crippen molar-refractivity contribution in [3.05, 3.63) is 58.1 Å². The number of rotatable bonds is 10. The van der Waals surface area contributed by atoms with Crippen molar-refractivity contribution in [2.75, 3.05) is 26.9 Å². The zero-order valence-corrected chi connectivity index (χ0v) is 18.3. The summed E-state index contributed by atoms with van der Waals surface area (Å²) in [4.78, 5) is 36.2. The van der Waals surface area contributed by atoms with Crippen LogP contribution in [0.5, 0.6) is 11.5 Å². The maximum atomic E-state index is 12.4. The van der Waals surface area contributed by atoms with Gasteiger partial charge in [-0.3, -0.25) is 9.36 Å². The molecule has 9 heteroatoms. The molecule has 0 aliphatic rings. The van der Waals surface area contributed by atoms with Gasteiger partial charge in [0, 0.05) is 6.54 Å². The number of oxazole rings is 1. The summed E-state index contributed by atoms with van der Waals surface area (Å²) in [6.45, 7) is 5.06. The van der Waals surface area contributed by atoms with Crippen molar-refractivity contribution in [2.45, 2.75) is 26.8 Å². The zero-order valence-electron chi connectivity index (χ0n) is 18.3. The molecule has 1 aromatic heterocycles. The number of nitrogens with zero attached hydrogens (tertiary/aromatic N) is 1. The molecule has 170 valence electrons. The lowest BCUT2D eigenvalue weighted by molar-refractivity contribution is -0.121. The molecule has 0 fully saturated rings. The SMILES string of the molecule is CCOc1ccc(CCNC(=O)Cn2c(=O)oc3cc(C(=O)OC)ccc32)cc1OCC. The number of carbonyl (C=O) groups excluding carboxylic acids is 2. The summed E-state index contributed by atoms with van der Waals surface area (Å²) in [6, 6.07) is 10.2. The number of aromatic nitrogens is 1. The van der Waals surface area contributed by atoms with Crippen LogP contribution in [0.15, 0.2) is 45.6 Å². The van der Waals surface area contributed by atoms with Gasteiger partial charge in [-0.25, -0.2) is 9.59 Å². The Morgan fingerprint density at radius 3 is 2.50 bits per heavy atom. The van der Waals surface area contributed by atoms with E-state index in [-0.39, 0.29) is 23.6 Å². The number of carbonyl (C=O) groups is 2. The molecule has 1 heterocycles. The van der Waals surface area contributed by atoms with E-state index in [9.17, 15) is 14.4 Å². The predicted octanol–water partition coefficient (Wildman–Crippen LogP) is 2.54. The van der Waals surface area contributed by atoms with E-state index >= 15 is 0 Å². The Morgan fingerprint density at radius 1 is 1.03 bits per heavy atom. The molecule has 0 radical (unpaired) electrons. The lowest BCUT2D eigenvalue weighted by atomic mass is 10.1. The van der Waals surface area contributed by atoms with Crippen LogP contribution in [0.3, 0.4) is 0 Å². The van der Waals surface area contributed by atoms with E-state index in [0.29, 0.717) is 43.2 Å². The Hall–Kier alpha value is -3.75. The summed E-state index contributed by atoms with van der Waals surface area (Å²) < 4.78 is 22.2. The number of amides is 1.